The van der Waals surface area contributed by atoms with Crippen molar-refractivity contribution < 1.29 is 19.8 Å². The summed E-state index contributed by atoms with van der Waals surface area (Å²) in [4.78, 5) is 24.4. The van der Waals surface area contributed by atoms with Crippen molar-refractivity contribution in [3.05, 3.63) is 130 Å². The van der Waals surface area contributed by atoms with Gasteiger partial charge in [0.25, 0.3) is 0 Å². The molecule has 2 N–H and O–H groups in total. The molecule has 0 aliphatic heterocycles. The molecule has 0 saturated heterocycles. The number of Topliss-reactive ketones (excluding diaryl/α,β-unsaturated/α-hetero) is 2. The van der Waals surface area contributed by atoms with Gasteiger partial charge < -0.3 is 10.2 Å². The second-order valence-electron chi connectivity index (χ2n) is 12.9. The number of hydrogen-bond donors (Lipinski definition) is 2. The summed E-state index contributed by atoms with van der Waals surface area (Å²) in [5.74, 6) is -0.364. The standard InChI is InChI=1S/C39H50O4/c1-26(17-13-19-28(3)21-23-32-30(5)35(41)34(40)25-38(32,7)8)15-11-12-16-27(2)18-14-20-29(4)22-24-33-31(6)36(42)37(43)39(33,9)10/h11-24,34,37,40,43H,25H2,1-10H3/b12-11+,17-13+,18-14+,23-21+,24-22+,26-15+,27-16+,28-19+,29-20+. The molecule has 2 aliphatic carbocycles. The predicted molar refractivity (Wildman–Crippen MR) is 180 cm³/mol. The van der Waals surface area contributed by atoms with E-state index in [9.17, 15) is 19.8 Å². The molecule has 0 spiro atoms. The largest absolute Gasteiger partial charge is 0.385 e. The van der Waals surface area contributed by atoms with Gasteiger partial charge in [0.15, 0.2) is 11.6 Å². The molecule has 0 amide bonds. The zero-order valence-corrected chi connectivity index (χ0v) is 27.7. The van der Waals surface area contributed by atoms with Crippen molar-refractivity contribution in [1.82, 2.24) is 0 Å². The molecule has 230 valence electrons. The first-order valence-corrected chi connectivity index (χ1v) is 14.9. The van der Waals surface area contributed by atoms with Crippen LogP contribution in [0.5, 0.6) is 0 Å². The number of allylic oxidation sites excluding steroid dienone is 19. The Labute approximate surface area is 259 Å². The van der Waals surface area contributed by atoms with E-state index in [0.29, 0.717) is 17.6 Å². The van der Waals surface area contributed by atoms with Gasteiger partial charge in [0.1, 0.15) is 12.2 Å². The van der Waals surface area contributed by atoms with E-state index in [1.807, 2.05) is 114 Å². The number of ketones is 2. The highest BCUT2D eigenvalue weighted by molar-refractivity contribution is 6.03. The topological polar surface area (TPSA) is 74.6 Å². The third-order valence-electron chi connectivity index (χ3n) is 8.20. The van der Waals surface area contributed by atoms with Gasteiger partial charge in [-0.3, -0.25) is 9.59 Å². The van der Waals surface area contributed by atoms with E-state index in [1.54, 1.807) is 13.8 Å². The molecule has 4 heteroatoms. The van der Waals surface area contributed by atoms with Gasteiger partial charge in [-0.25, -0.2) is 0 Å². The van der Waals surface area contributed by atoms with Crippen LogP contribution in [0.1, 0.15) is 75.7 Å². The van der Waals surface area contributed by atoms with Crippen LogP contribution < -0.4 is 0 Å². The van der Waals surface area contributed by atoms with Crippen LogP contribution >= 0.6 is 0 Å². The van der Waals surface area contributed by atoms with E-state index in [-0.39, 0.29) is 17.0 Å². The Hall–Kier alpha value is -3.60. The smallest absolute Gasteiger partial charge is 0.188 e. The molecule has 0 fully saturated rings. The van der Waals surface area contributed by atoms with Gasteiger partial charge in [0, 0.05) is 5.41 Å². The van der Waals surface area contributed by atoms with Crippen LogP contribution in [0.25, 0.3) is 0 Å². The average molecular weight is 583 g/mol. The first kappa shape index (κ1) is 35.6. The second-order valence-corrected chi connectivity index (χ2v) is 12.9. The SMILES string of the molecule is CC1=C(/C=C/C(C)=C/C=C/C(C)=C/C=C/C=C(C)/C=C/C=C(C)/C=C/C2=C(C)C(=O)C(O)C2(C)C)C(C)(C)CC(O)C1=O. The number of rotatable bonds is 10. The number of aliphatic hydroxyl groups is 2. The molecule has 2 unspecified atom stereocenters. The van der Waals surface area contributed by atoms with Gasteiger partial charge in [-0.15, -0.1) is 0 Å². The van der Waals surface area contributed by atoms with E-state index in [1.165, 1.54) is 0 Å². The number of carbonyl (C=O) groups is 2. The van der Waals surface area contributed by atoms with E-state index >= 15 is 0 Å². The quantitative estimate of drug-likeness (QED) is 0.253. The van der Waals surface area contributed by atoms with E-state index in [0.717, 1.165) is 33.4 Å². The minimum atomic E-state index is -0.977. The fourth-order valence-corrected chi connectivity index (χ4v) is 5.33. The van der Waals surface area contributed by atoms with Gasteiger partial charge in [-0.2, -0.15) is 0 Å². The highest BCUT2D eigenvalue weighted by Gasteiger charge is 2.44. The zero-order chi connectivity index (χ0) is 32.5. The van der Waals surface area contributed by atoms with Crippen LogP contribution in [0.3, 0.4) is 0 Å². The molecule has 0 bridgehead atoms. The van der Waals surface area contributed by atoms with Crippen molar-refractivity contribution in [1.29, 1.82) is 0 Å². The number of carbonyl (C=O) groups excluding carboxylic acids is 2. The maximum atomic E-state index is 12.2. The van der Waals surface area contributed by atoms with E-state index < -0.39 is 17.6 Å². The summed E-state index contributed by atoms with van der Waals surface area (Å²) in [7, 11) is 0. The highest BCUT2D eigenvalue weighted by Crippen LogP contribution is 2.41. The lowest BCUT2D eigenvalue weighted by molar-refractivity contribution is -0.126. The van der Waals surface area contributed by atoms with Gasteiger partial charge in [0.05, 0.1) is 0 Å². The Morgan fingerprint density at radius 2 is 1.02 bits per heavy atom. The van der Waals surface area contributed by atoms with Crippen molar-refractivity contribution in [3.8, 4) is 0 Å². The lowest BCUT2D eigenvalue weighted by atomic mass is 9.71. The van der Waals surface area contributed by atoms with Crippen molar-refractivity contribution in [2.45, 2.75) is 87.9 Å². The zero-order valence-electron chi connectivity index (χ0n) is 27.7. The molecule has 0 heterocycles. The molecule has 0 saturated carbocycles. The molecule has 43 heavy (non-hydrogen) atoms. The first-order chi connectivity index (χ1) is 20.0. The van der Waals surface area contributed by atoms with E-state index in [2.05, 4.69) is 26.0 Å². The molecular weight excluding hydrogens is 532 g/mol. The summed E-state index contributed by atoms with van der Waals surface area (Å²) in [6.07, 6.45) is 26.8. The van der Waals surface area contributed by atoms with Crippen molar-refractivity contribution >= 4 is 11.6 Å². The lowest BCUT2D eigenvalue weighted by Gasteiger charge is -2.34. The predicted octanol–water partition coefficient (Wildman–Crippen LogP) is 8.52. The maximum Gasteiger partial charge on any atom is 0.188 e. The van der Waals surface area contributed by atoms with Crippen molar-refractivity contribution in [3.63, 3.8) is 0 Å². The Balaban J connectivity index is 1.94. The molecule has 2 aliphatic rings. The first-order valence-electron chi connectivity index (χ1n) is 14.9. The van der Waals surface area contributed by atoms with Crippen LogP contribution in [0.2, 0.25) is 0 Å². The Bertz CT molecular complexity index is 1440. The van der Waals surface area contributed by atoms with Gasteiger partial charge in [-0.1, -0.05) is 135 Å². The molecule has 0 aromatic rings. The summed E-state index contributed by atoms with van der Waals surface area (Å²) >= 11 is 0. The molecule has 4 nitrogen and oxygen atoms in total. The van der Waals surface area contributed by atoms with Gasteiger partial charge >= 0.3 is 0 Å². The second kappa shape index (κ2) is 15.2. The molecule has 0 aromatic carbocycles. The molecule has 2 rings (SSSR count). The van der Waals surface area contributed by atoms with E-state index in [4.69, 9.17) is 0 Å². The third-order valence-corrected chi connectivity index (χ3v) is 8.20. The van der Waals surface area contributed by atoms with Crippen LogP contribution in [0.4, 0.5) is 0 Å². The third kappa shape index (κ3) is 9.71. The molecule has 0 aromatic heterocycles. The number of aliphatic hydroxyl groups excluding tert-OH is 2. The summed E-state index contributed by atoms with van der Waals surface area (Å²) < 4.78 is 0. The minimum Gasteiger partial charge on any atom is -0.385 e. The van der Waals surface area contributed by atoms with Crippen LogP contribution in [-0.4, -0.2) is 34.0 Å². The van der Waals surface area contributed by atoms with Gasteiger partial charge in [-0.05, 0) is 75.7 Å². The van der Waals surface area contributed by atoms with Crippen LogP contribution in [-0.2, 0) is 9.59 Å². The lowest BCUT2D eigenvalue weighted by Crippen LogP contribution is -2.35. The minimum absolute atomic E-state index is 0.176. The maximum absolute atomic E-state index is 12.2. The fourth-order valence-electron chi connectivity index (χ4n) is 5.33. The normalized spacial score (nSPS) is 24.6. The van der Waals surface area contributed by atoms with Gasteiger partial charge in [0.2, 0.25) is 0 Å². The summed E-state index contributed by atoms with van der Waals surface area (Å²) in [6.45, 7) is 19.6. The Kier molecular flexibility index (Phi) is 12.6. The summed E-state index contributed by atoms with van der Waals surface area (Å²) in [5, 5.41) is 20.2. The van der Waals surface area contributed by atoms with Crippen molar-refractivity contribution in [2.75, 3.05) is 0 Å². The summed E-state index contributed by atoms with van der Waals surface area (Å²) in [6, 6.07) is 0. The Morgan fingerprint density at radius 3 is 1.47 bits per heavy atom. The molecular formula is C39H50O4. The summed E-state index contributed by atoms with van der Waals surface area (Å²) in [5.41, 5.74) is 6.69. The van der Waals surface area contributed by atoms with Crippen LogP contribution in [0.15, 0.2) is 130 Å². The molecule has 2 atom stereocenters. The number of hydrogen-bond acceptors (Lipinski definition) is 4. The fraction of sp³-hybridized carbons (Fsp3) is 0.385. The van der Waals surface area contributed by atoms with Crippen LogP contribution in [0, 0.1) is 10.8 Å². The monoisotopic (exact) mass is 582 g/mol. The van der Waals surface area contributed by atoms with Crippen molar-refractivity contribution in [2.24, 2.45) is 10.8 Å². The molecule has 0 radical (unpaired) electrons. The average Bonchev–Trinajstić information content (AvgIpc) is 3.06. The Morgan fingerprint density at radius 1 is 0.628 bits per heavy atom. The highest BCUT2D eigenvalue weighted by atomic mass is 16.3.